The lowest BCUT2D eigenvalue weighted by molar-refractivity contribution is 0.365. The van der Waals surface area contributed by atoms with E-state index in [-0.39, 0.29) is 0 Å². The van der Waals surface area contributed by atoms with E-state index in [0.717, 1.165) is 36.3 Å². The molecule has 0 spiro atoms. The highest BCUT2D eigenvalue weighted by Gasteiger charge is 2.37. The van der Waals surface area contributed by atoms with E-state index in [1.54, 1.807) is 0 Å². The summed E-state index contributed by atoms with van der Waals surface area (Å²) in [5.41, 5.74) is 4.60. The van der Waals surface area contributed by atoms with E-state index >= 15 is 0 Å². The number of anilines is 1. The van der Waals surface area contributed by atoms with E-state index in [9.17, 15) is 0 Å². The Balaban J connectivity index is 1.99. The fourth-order valence-corrected chi connectivity index (χ4v) is 3.35. The topological polar surface area (TPSA) is 29.3 Å². The van der Waals surface area contributed by atoms with Crippen molar-refractivity contribution < 1.29 is 4.52 Å². The Morgan fingerprint density at radius 3 is 3.21 bits per heavy atom. The first-order chi connectivity index (χ1) is 9.40. The largest absolute Gasteiger partial charge is 0.360 e. The van der Waals surface area contributed by atoms with Gasteiger partial charge in [0.05, 0.1) is 12.6 Å². The molecular weight excluding hydrogens is 236 g/mol. The number of nitrogens with zero attached hydrogens (tertiary/aromatic N) is 2. The molecule has 1 unspecified atom stereocenters. The van der Waals surface area contributed by atoms with E-state index in [0.29, 0.717) is 12.6 Å². The second kappa shape index (κ2) is 3.89. The van der Waals surface area contributed by atoms with Crippen molar-refractivity contribution in [1.29, 1.82) is 0 Å². The summed E-state index contributed by atoms with van der Waals surface area (Å²) in [6, 6.07) is 8.64. The van der Waals surface area contributed by atoms with Gasteiger partial charge in [-0.2, -0.15) is 0 Å². The molecule has 0 N–H and O–H groups in total. The zero-order valence-corrected chi connectivity index (χ0v) is 10.6. The number of terminal acetylenes is 1. The highest BCUT2D eigenvalue weighted by molar-refractivity contribution is 5.83. The van der Waals surface area contributed by atoms with Crippen molar-refractivity contribution in [3.8, 4) is 23.6 Å². The van der Waals surface area contributed by atoms with Gasteiger partial charge in [-0.3, -0.25) is 0 Å². The molecule has 1 aromatic heterocycles. The first-order valence-electron chi connectivity index (χ1n) is 6.68. The van der Waals surface area contributed by atoms with Gasteiger partial charge < -0.3 is 9.42 Å². The number of hydrogen-bond acceptors (Lipinski definition) is 3. The van der Waals surface area contributed by atoms with Crippen LogP contribution >= 0.6 is 0 Å². The molecular formula is C16H14N2O. The predicted octanol–water partition coefficient (Wildman–Crippen LogP) is 3.17. The summed E-state index contributed by atoms with van der Waals surface area (Å²) < 4.78 is 5.54. The summed E-state index contributed by atoms with van der Waals surface area (Å²) >= 11 is 0. The summed E-state index contributed by atoms with van der Waals surface area (Å²) in [6.45, 7) is 0.631. The van der Waals surface area contributed by atoms with Gasteiger partial charge in [0.25, 0.3) is 0 Å². The van der Waals surface area contributed by atoms with Crippen LogP contribution in [0, 0.1) is 12.3 Å². The van der Waals surface area contributed by atoms with Crippen molar-refractivity contribution in [2.75, 3.05) is 11.4 Å². The Morgan fingerprint density at radius 2 is 2.32 bits per heavy atom. The number of para-hydroxylation sites is 1. The molecule has 2 aliphatic rings. The average Bonchev–Trinajstić information content (AvgIpc) is 2.89. The Kier molecular flexibility index (Phi) is 2.19. The van der Waals surface area contributed by atoms with Crippen molar-refractivity contribution in [1.82, 2.24) is 5.16 Å². The molecule has 1 aliphatic carbocycles. The lowest BCUT2D eigenvalue weighted by atomic mass is 9.84. The molecule has 0 radical (unpaired) electrons. The highest BCUT2D eigenvalue weighted by atomic mass is 16.5. The summed E-state index contributed by atoms with van der Waals surface area (Å²) in [4.78, 5) is 2.32. The number of benzene rings is 1. The fraction of sp³-hybridized carbons (Fsp3) is 0.312. The maximum absolute atomic E-state index is 5.55. The second-order valence-corrected chi connectivity index (χ2v) is 5.13. The molecule has 3 heteroatoms. The Bertz CT molecular complexity index is 680. The monoisotopic (exact) mass is 250 g/mol. The molecule has 1 atom stereocenters. The molecule has 19 heavy (non-hydrogen) atoms. The molecule has 0 saturated carbocycles. The predicted molar refractivity (Wildman–Crippen MR) is 73.8 cm³/mol. The van der Waals surface area contributed by atoms with Gasteiger partial charge in [-0.1, -0.05) is 29.3 Å². The van der Waals surface area contributed by atoms with Gasteiger partial charge in [-0.05, 0) is 18.9 Å². The number of fused-ring (bicyclic) bond motifs is 2. The number of hydrogen-bond donors (Lipinski definition) is 0. The molecule has 0 fully saturated rings. The highest BCUT2D eigenvalue weighted by Crippen LogP contribution is 2.49. The van der Waals surface area contributed by atoms with E-state index < -0.39 is 0 Å². The standard InChI is InChI=1S/C16H14N2O/c1-2-10-18-12-7-4-3-6-11(12)16-15-13(18)8-5-9-14(15)19-17-16/h1,3-4,6-7,13H,5,8-10H2. The maximum atomic E-state index is 5.55. The Labute approximate surface area is 112 Å². The van der Waals surface area contributed by atoms with Gasteiger partial charge in [0.1, 0.15) is 11.5 Å². The SMILES string of the molecule is C#CCN1c2ccccc2-c2noc3c2C1CCC3. The van der Waals surface area contributed by atoms with Crippen LogP contribution in [-0.2, 0) is 6.42 Å². The van der Waals surface area contributed by atoms with Gasteiger partial charge in [-0.25, -0.2) is 0 Å². The van der Waals surface area contributed by atoms with E-state index in [2.05, 4.69) is 34.2 Å². The average molecular weight is 250 g/mol. The molecule has 2 aromatic rings. The van der Waals surface area contributed by atoms with Crippen molar-refractivity contribution in [3.05, 3.63) is 35.6 Å². The third-order valence-electron chi connectivity index (χ3n) is 4.12. The molecule has 0 saturated heterocycles. The summed E-state index contributed by atoms with van der Waals surface area (Å²) in [5, 5.41) is 4.30. The molecule has 1 aliphatic heterocycles. The van der Waals surface area contributed by atoms with Crippen LogP contribution in [0.15, 0.2) is 28.8 Å². The van der Waals surface area contributed by atoms with E-state index in [4.69, 9.17) is 10.9 Å². The molecule has 0 amide bonds. The third kappa shape index (κ3) is 1.37. The van der Waals surface area contributed by atoms with Crippen LogP contribution in [-0.4, -0.2) is 11.7 Å². The van der Waals surface area contributed by atoms with E-state index in [1.165, 1.54) is 11.3 Å². The zero-order valence-electron chi connectivity index (χ0n) is 10.6. The van der Waals surface area contributed by atoms with Crippen LogP contribution in [0.4, 0.5) is 5.69 Å². The first-order valence-corrected chi connectivity index (χ1v) is 6.68. The normalized spacial score (nSPS) is 19.5. The fourth-order valence-electron chi connectivity index (χ4n) is 3.35. The van der Waals surface area contributed by atoms with Crippen molar-refractivity contribution in [2.45, 2.75) is 25.3 Å². The van der Waals surface area contributed by atoms with Gasteiger partial charge in [-0.15, -0.1) is 6.42 Å². The van der Waals surface area contributed by atoms with Crippen LogP contribution in [0.2, 0.25) is 0 Å². The Hall–Kier alpha value is -2.21. The second-order valence-electron chi connectivity index (χ2n) is 5.13. The van der Waals surface area contributed by atoms with Crippen LogP contribution < -0.4 is 4.90 Å². The number of rotatable bonds is 1. The van der Waals surface area contributed by atoms with Crippen molar-refractivity contribution >= 4 is 5.69 Å². The smallest absolute Gasteiger partial charge is 0.142 e. The van der Waals surface area contributed by atoms with Crippen LogP contribution in [0.25, 0.3) is 11.3 Å². The molecule has 3 nitrogen and oxygen atoms in total. The molecule has 0 bridgehead atoms. The summed E-state index contributed by atoms with van der Waals surface area (Å²) in [6.07, 6.45) is 8.80. The minimum atomic E-state index is 0.330. The van der Waals surface area contributed by atoms with Crippen molar-refractivity contribution in [3.63, 3.8) is 0 Å². The zero-order chi connectivity index (χ0) is 12.8. The molecule has 1 aromatic carbocycles. The minimum Gasteiger partial charge on any atom is -0.360 e. The Morgan fingerprint density at radius 1 is 1.42 bits per heavy atom. The third-order valence-corrected chi connectivity index (χ3v) is 4.12. The van der Waals surface area contributed by atoms with E-state index in [1.807, 2.05) is 6.07 Å². The lowest BCUT2D eigenvalue weighted by Gasteiger charge is -2.38. The van der Waals surface area contributed by atoms with Gasteiger partial charge in [0, 0.05) is 23.2 Å². The lowest BCUT2D eigenvalue weighted by Crippen LogP contribution is -2.34. The molecule has 94 valence electrons. The van der Waals surface area contributed by atoms with Gasteiger partial charge in [0.2, 0.25) is 0 Å². The number of aromatic nitrogens is 1. The summed E-state index contributed by atoms with van der Waals surface area (Å²) in [7, 11) is 0. The molecule has 2 heterocycles. The van der Waals surface area contributed by atoms with Crippen molar-refractivity contribution in [2.24, 2.45) is 0 Å². The van der Waals surface area contributed by atoms with Crippen LogP contribution in [0.3, 0.4) is 0 Å². The van der Waals surface area contributed by atoms with Crippen LogP contribution in [0.5, 0.6) is 0 Å². The quantitative estimate of drug-likeness (QED) is 0.728. The molecule has 4 rings (SSSR count). The van der Waals surface area contributed by atoms with Gasteiger partial charge in [0.15, 0.2) is 0 Å². The maximum Gasteiger partial charge on any atom is 0.142 e. The van der Waals surface area contributed by atoms with Crippen LogP contribution in [0.1, 0.15) is 30.2 Å². The first kappa shape index (κ1) is 10.7. The summed E-state index contributed by atoms with van der Waals surface area (Å²) in [5.74, 6) is 3.83. The van der Waals surface area contributed by atoms with Gasteiger partial charge >= 0.3 is 0 Å². The minimum absolute atomic E-state index is 0.330. The number of aryl methyl sites for hydroxylation is 1.